The van der Waals surface area contributed by atoms with E-state index in [1.165, 1.54) is 7.11 Å². The number of ether oxygens (including phenoxy) is 1. The number of hydrogen-bond acceptors (Lipinski definition) is 2. The Bertz CT molecular complexity index is 429. The number of rotatable bonds is 2. The molecule has 0 fully saturated rings. The van der Waals surface area contributed by atoms with Crippen LogP contribution in [0.15, 0.2) is 12.1 Å². The van der Waals surface area contributed by atoms with Gasteiger partial charge in [-0.2, -0.15) is 13.2 Å². The molecule has 0 N–H and O–H groups in total. The normalized spacial score (nSPS) is 11.4. The highest BCUT2D eigenvalue weighted by molar-refractivity contribution is 6.68. The summed E-state index contributed by atoms with van der Waals surface area (Å²) in [6.07, 6.45) is -4.67. The molecule has 0 heterocycles. The number of halogens is 5. The monoisotopic (exact) mass is 272 g/mol. The summed E-state index contributed by atoms with van der Waals surface area (Å²) in [5.74, 6) is -0.138. The predicted octanol–water partition coefficient (Wildman–Crippen LogP) is 3.75. The minimum Gasteiger partial charge on any atom is -0.497 e. The molecule has 0 amide bonds. The van der Waals surface area contributed by atoms with Gasteiger partial charge in [0.15, 0.2) is 0 Å². The molecule has 0 saturated heterocycles. The van der Waals surface area contributed by atoms with Crippen LogP contribution in [0.4, 0.5) is 13.2 Å². The second kappa shape index (κ2) is 4.51. The first-order valence-electron chi connectivity index (χ1n) is 3.92. The van der Waals surface area contributed by atoms with Gasteiger partial charge in [-0.1, -0.05) is 11.6 Å². The van der Waals surface area contributed by atoms with E-state index in [2.05, 4.69) is 4.74 Å². The van der Waals surface area contributed by atoms with Crippen molar-refractivity contribution in [3.63, 3.8) is 0 Å². The van der Waals surface area contributed by atoms with Crippen molar-refractivity contribution in [2.24, 2.45) is 0 Å². The maximum atomic E-state index is 12.5. The molecule has 1 aromatic rings. The van der Waals surface area contributed by atoms with Crippen LogP contribution < -0.4 is 4.74 Å². The summed E-state index contributed by atoms with van der Waals surface area (Å²) in [6.45, 7) is 0. The van der Waals surface area contributed by atoms with Crippen LogP contribution in [0.2, 0.25) is 5.02 Å². The molecule has 0 bridgehead atoms. The molecule has 1 aromatic carbocycles. The molecule has 0 radical (unpaired) electrons. The smallest absolute Gasteiger partial charge is 0.418 e. The van der Waals surface area contributed by atoms with Crippen LogP contribution in [0.1, 0.15) is 15.9 Å². The lowest BCUT2D eigenvalue weighted by molar-refractivity contribution is -0.137. The van der Waals surface area contributed by atoms with Crippen LogP contribution in [-0.4, -0.2) is 12.4 Å². The molecule has 0 saturated carbocycles. The Hall–Kier alpha value is -0.940. The van der Waals surface area contributed by atoms with Crippen molar-refractivity contribution >= 4 is 28.4 Å². The van der Waals surface area contributed by atoms with Crippen LogP contribution in [0.3, 0.4) is 0 Å². The molecule has 0 spiro atoms. The van der Waals surface area contributed by atoms with Gasteiger partial charge < -0.3 is 4.74 Å². The summed E-state index contributed by atoms with van der Waals surface area (Å²) in [5.41, 5.74) is -1.59. The Labute approximate surface area is 98.9 Å². The zero-order valence-corrected chi connectivity index (χ0v) is 9.37. The molecular formula is C9H5Cl2F3O2. The van der Waals surface area contributed by atoms with Gasteiger partial charge in [0.05, 0.1) is 23.3 Å². The highest BCUT2D eigenvalue weighted by atomic mass is 35.5. The van der Waals surface area contributed by atoms with E-state index in [-0.39, 0.29) is 5.75 Å². The lowest BCUT2D eigenvalue weighted by Crippen LogP contribution is -2.08. The van der Waals surface area contributed by atoms with Gasteiger partial charge in [0.25, 0.3) is 5.24 Å². The standard InChI is InChI=1S/C9H5Cl2F3O2/c1-16-4-2-5(8(11)15)7(10)6(3-4)9(12,13)14/h2-3H,1H3. The van der Waals surface area contributed by atoms with Gasteiger partial charge in [0.1, 0.15) is 5.75 Å². The van der Waals surface area contributed by atoms with Gasteiger partial charge in [-0.3, -0.25) is 4.79 Å². The van der Waals surface area contributed by atoms with Gasteiger partial charge in [-0.15, -0.1) is 0 Å². The summed E-state index contributed by atoms with van der Waals surface area (Å²) >= 11 is 10.5. The maximum Gasteiger partial charge on any atom is 0.418 e. The predicted molar refractivity (Wildman–Crippen MR) is 53.2 cm³/mol. The van der Waals surface area contributed by atoms with Crippen molar-refractivity contribution in [2.75, 3.05) is 7.11 Å². The van der Waals surface area contributed by atoms with Crippen molar-refractivity contribution in [3.05, 3.63) is 28.3 Å². The summed E-state index contributed by atoms with van der Waals surface area (Å²) in [5, 5.41) is -1.80. The average Bonchev–Trinajstić information content (AvgIpc) is 2.15. The molecule has 88 valence electrons. The first kappa shape index (κ1) is 13.1. The minimum atomic E-state index is -4.67. The molecule has 16 heavy (non-hydrogen) atoms. The molecule has 7 heteroatoms. The quantitative estimate of drug-likeness (QED) is 0.767. The van der Waals surface area contributed by atoms with Crippen molar-refractivity contribution in [2.45, 2.75) is 6.18 Å². The maximum absolute atomic E-state index is 12.5. The highest BCUT2D eigenvalue weighted by Crippen LogP contribution is 2.39. The average molecular weight is 273 g/mol. The third kappa shape index (κ3) is 2.59. The lowest BCUT2D eigenvalue weighted by atomic mass is 10.1. The number of hydrogen-bond donors (Lipinski definition) is 0. The molecule has 1 rings (SSSR count). The zero-order chi connectivity index (χ0) is 12.5. The van der Waals surface area contributed by atoms with E-state index in [0.717, 1.165) is 6.07 Å². The fourth-order valence-electron chi connectivity index (χ4n) is 1.07. The van der Waals surface area contributed by atoms with E-state index in [4.69, 9.17) is 23.2 Å². The van der Waals surface area contributed by atoms with Crippen molar-refractivity contribution in [1.29, 1.82) is 0 Å². The van der Waals surface area contributed by atoms with E-state index < -0.39 is 27.6 Å². The van der Waals surface area contributed by atoms with Crippen LogP contribution in [0.5, 0.6) is 5.75 Å². The van der Waals surface area contributed by atoms with E-state index in [1.807, 2.05) is 0 Å². The molecule has 0 aliphatic heterocycles. The van der Waals surface area contributed by atoms with E-state index in [9.17, 15) is 18.0 Å². The van der Waals surface area contributed by atoms with Gasteiger partial charge >= 0.3 is 6.18 Å². The number of carbonyl (C=O) groups excluding carboxylic acids is 1. The second-order valence-electron chi connectivity index (χ2n) is 2.81. The largest absolute Gasteiger partial charge is 0.497 e. The SMILES string of the molecule is COc1cc(C(=O)Cl)c(Cl)c(C(F)(F)F)c1. The molecule has 0 aliphatic carbocycles. The fraction of sp³-hybridized carbons (Fsp3) is 0.222. The van der Waals surface area contributed by atoms with Crippen molar-refractivity contribution in [1.82, 2.24) is 0 Å². The lowest BCUT2D eigenvalue weighted by Gasteiger charge is -2.12. The number of benzene rings is 1. The van der Waals surface area contributed by atoms with E-state index >= 15 is 0 Å². The number of carbonyl (C=O) groups is 1. The van der Waals surface area contributed by atoms with E-state index in [1.54, 1.807) is 0 Å². The summed E-state index contributed by atoms with van der Waals surface area (Å²) in [6, 6.07) is 1.75. The molecule has 0 unspecified atom stereocenters. The highest BCUT2D eigenvalue weighted by Gasteiger charge is 2.35. The summed E-state index contributed by atoms with van der Waals surface area (Å²) < 4.78 is 42.2. The Morgan fingerprint density at radius 2 is 1.94 bits per heavy atom. The second-order valence-corrected chi connectivity index (χ2v) is 3.53. The Morgan fingerprint density at radius 1 is 1.38 bits per heavy atom. The molecule has 0 atom stereocenters. The zero-order valence-electron chi connectivity index (χ0n) is 7.86. The van der Waals surface area contributed by atoms with Crippen LogP contribution in [0.25, 0.3) is 0 Å². The fourth-order valence-corrected chi connectivity index (χ4v) is 1.56. The molecular weight excluding hydrogens is 268 g/mol. The Balaban J connectivity index is 3.50. The van der Waals surface area contributed by atoms with Gasteiger partial charge in [0.2, 0.25) is 0 Å². The van der Waals surface area contributed by atoms with Crippen LogP contribution >= 0.6 is 23.2 Å². The number of methoxy groups -OCH3 is 1. The molecule has 0 aliphatic rings. The van der Waals surface area contributed by atoms with Gasteiger partial charge in [-0.25, -0.2) is 0 Å². The van der Waals surface area contributed by atoms with Crippen LogP contribution in [-0.2, 0) is 6.18 Å². The Morgan fingerprint density at radius 3 is 2.31 bits per heavy atom. The van der Waals surface area contributed by atoms with Crippen LogP contribution in [0, 0.1) is 0 Å². The Kier molecular flexibility index (Phi) is 3.70. The molecule has 0 aromatic heterocycles. The first-order chi connectivity index (χ1) is 7.27. The molecule has 2 nitrogen and oxygen atoms in total. The number of alkyl halides is 3. The summed E-state index contributed by atoms with van der Waals surface area (Å²) in [4.78, 5) is 10.9. The minimum absolute atomic E-state index is 0.138. The van der Waals surface area contributed by atoms with Crippen molar-refractivity contribution < 1.29 is 22.7 Å². The summed E-state index contributed by atoms with van der Waals surface area (Å²) in [7, 11) is 1.17. The third-order valence-corrected chi connectivity index (χ3v) is 2.41. The topological polar surface area (TPSA) is 26.3 Å². The van der Waals surface area contributed by atoms with E-state index in [0.29, 0.717) is 6.07 Å². The first-order valence-corrected chi connectivity index (χ1v) is 4.67. The van der Waals surface area contributed by atoms with Gasteiger partial charge in [0, 0.05) is 0 Å². The third-order valence-electron chi connectivity index (χ3n) is 1.80. The van der Waals surface area contributed by atoms with Gasteiger partial charge in [-0.05, 0) is 23.7 Å². The van der Waals surface area contributed by atoms with Crippen molar-refractivity contribution in [3.8, 4) is 5.75 Å².